The van der Waals surface area contributed by atoms with Gasteiger partial charge in [0.25, 0.3) is 5.91 Å². The molecular formula is C22H19BrN4O3. The van der Waals surface area contributed by atoms with Gasteiger partial charge in [-0.05, 0) is 42.8 Å². The van der Waals surface area contributed by atoms with Gasteiger partial charge in [0.05, 0.1) is 0 Å². The molecule has 0 aliphatic rings. The van der Waals surface area contributed by atoms with E-state index in [1.165, 1.54) is 0 Å². The number of benzene rings is 2. The predicted molar refractivity (Wildman–Crippen MR) is 114 cm³/mol. The van der Waals surface area contributed by atoms with Crippen LogP contribution in [0, 0.1) is 6.92 Å². The summed E-state index contributed by atoms with van der Waals surface area (Å²) in [5.41, 5.74) is 0.870. The van der Waals surface area contributed by atoms with Crippen LogP contribution in [-0.2, 0) is 6.61 Å². The summed E-state index contributed by atoms with van der Waals surface area (Å²) in [7, 11) is 0. The maximum atomic E-state index is 12.8. The van der Waals surface area contributed by atoms with Gasteiger partial charge in [0.1, 0.15) is 30.0 Å². The zero-order valence-corrected chi connectivity index (χ0v) is 17.7. The van der Waals surface area contributed by atoms with Crippen LogP contribution in [0.25, 0.3) is 0 Å². The molecule has 152 valence electrons. The van der Waals surface area contributed by atoms with E-state index < -0.39 is 6.04 Å². The molecule has 1 unspecified atom stereocenters. The van der Waals surface area contributed by atoms with Crippen molar-refractivity contribution in [3.05, 3.63) is 99.9 Å². The number of amides is 1. The number of nitrogens with zero attached hydrogens (tertiary/aromatic N) is 2. The van der Waals surface area contributed by atoms with Crippen molar-refractivity contribution in [3.63, 3.8) is 0 Å². The van der Waals surface area contributed by atoms with Gasteiger partial charge in [-0.15, -0.1) is 0 Å². The molecular weight excluding hydrogens is 448 g/mol. The van der Waals surface area contributed by atoms with Crippen molar-refractivity contribution in [3.8, 4) is 5.75 Å². The molecule has 0 bridgehead atoms. The number of rotatable bonds is 7. The summed E-state index contributed by atoms with van der Waals surface area (Å²) in [6, 6.07) is 19.9. The zero-order chi connectivity index (χ0) is 20.9. The second-order valence-electron chi connectivity index (χ2n) is 6.61. The van der Waals surface area contributed by atoms with Crippen molar-refractivity contribution in [1.82, 2.24) is 20.5 Å². The zero-order valence-electron chi connectivity index (χ0n) is 16.1. The smallest absolute Gasteiger partial charge is 0.287 e. The highest BCUT2D eigenvalue weighted by molar-refractivity contribution is 9.10. The van der Waals surface area contributed by atoms with E-state index in [1.807, 2.05) is 61.5 Å². The second kappa shape index (κ2) is 8.96. The normalized spacial score (nSPS) is 11.8. The average Bonchev–Trinajstić information content (AvgIpc) is 3.40. The molecule has 0 radical (unpaired) electrons. The highest BCUT2D eigenvalue weighted by Gasteiger charge is 2.23. The minimum atomic E-state index is -0.505. The number of carbonyl (C=O) groups is 1. The van der Waals surface area contributed by atoms with Gasteiger partial charge >= 0.3 is 0 Å². The van der Waals surface area contributed by atoms with Crippen LogP contribution in [0.5, 0.6) is 5.75 Å². The van der Waals surface area contributed by atoms with Gasteiger partial charge in [-0.2, -0.15) is 5.10 Å². The Kier molecular flexibility index (Phi) is 5.94. The number of H-pyrrole nitrogens is 1. The van der Waals surface area contributed by atoms with Crippen LogP contribution in [0.1, 0.15) is 39.6 Å². The molecule has 0 saturated carbocycles. The van der Waals surface area contributed by atoms with E-state index in [1.54, 1.807) is 12.1 Å². The van der Waals surface area contributed by atoms with E-state index in [0.717, 1.165) is 10.0 Å². The highest BCUT2D eigenvalue weighted by Crippen LogP contribution is 2.21. The molecule has 0 aliphatic carbocycles. The minimum Gasteiger partial charge on any atom is -0.486 e. The Morgan fingerprint density at radius 1 is 1.17 bits per heavy atom. The number of hydrogen-bond donors (Lipinski definition) is 2. The Hall–Kier alpha value is -3.39. The largest absolute Gasteiger partial charge is 0.486 e. The van der Waals surface area contributed by atoms with Crippen molar-refractivity contribution in [2.24, 2.45) is 0 Å². The van der Waals surface area contributed by atoms with Crippen molar-refractivity contribution >= 4 is 21.8 Å². The average molecular weight is 467 g/mol. The van der Waals surface area contributed by atoms with Gasteiger partial charge in [-0.3, -0.25) is 9.89 Å². The van der Waals surface area contributed by atoms with Gasteiger partial charge in [0.15, 0.2) is 11.6 Å². The number of nitrogens with one attached hydrogen (secondary N) is 2. The number of furan rings is 1. The van der Waals surface area contributed by atoms with E-state index >= 15 is 0 Å². The lowest BCUT2D eigenvalue weighted by atomic mass is 10.1. The SMILES string of the molecule is Cc1nc(C(NC(=O)c2ccc(COc3cccc(Br)c3)o2)c2ccccc2)n[nH]1. The lowest BCUT2D eigenvalue weighted by molar-refractivity contribution is 0.0909. The monoisotopic (exact) mass is 466 g/mol. The molecule has 4 aromatic rings. The summed E-state index contributed by atoms with van der Waals surface area (Å²) >= 11 is 3.41. The van der Waals surface area contributed by atoms with Crippen molar-refractivity contribution < 1.29 is 13.9 Å². The molecule has 0 saturated heterocycles. The maximum Gasteiger partial charge on any atom is 0.287 e. The standard InChI is InChI=1S/C22H19BrN4O3/c1-14-24-21(27-26-14)20(15-6-3-2-4-7-15)25-22(28)19-11-10-18(30-19)13-29-17-9-5-8-16(23)12-17/h2-12,20H,13H2,1H3,(H,25,28)(H,24,26,27). The number of hydrogen-bond acceptors (Lipinski definition) is 5. The summed E-state index contributed by atoms with van der Waals surface area (Å²) in [6.07, 6.45) is 0. The topological polar surface area (TPSA) is 93.0 Å². The van der Waals surface area contributed by atoms with Gasteiger partial charge in [0.2, 0.25) is 0 Å². The molecule has 2 heterocycles. The van der Waals surface area contributed by atoms with Gasteiger partial charge in [-0.1, -0.05) is 52.3 Å². The van der Waals surface area contributed by atoms with E-state index in [2.05, 4.69) is 36.4 Å². The molecule has 0 spiro atoms. The lowest BCUT2D eigenvalue weighted by Crippen LogP contribution is -2.29. The third kappa shape index (κ3) is 4.77. The number of halogens is 1. The van der Waals surface area contributed by atoms with Crippen molar-refractivity contribution in [2.75, 3.05) is 0 Å². The maximum absolute atomic E-state index is 12.8. The van der Waals surface area contributed by atoms with Crippen LogP contribution >= 0.6 is 15.9 Å². The number of carbonyl (C=O) groups excluding carboxylic acids is 1. The van der Waals surface area contributed by atoms with Crippen LogP contribution in [0.2, 0.25) is 0 Å². The van der Waals surface area contributed by atoms with Crippen LogP contribution < -0.4 is 10.1 Å². The first-order chi connectivity index (χ1) is 14.6. The first kappa shape index (κ1) is 19.9. The molecule has 30 heavy (non-hydrogen) atoms. The minimum absolute atomic E-state index is 0.191. The fraction of sp³-hybridized carbons (Fsp3) is 0.136. The molecule has 7 nitrogen and oxygen atoms in total. The Labute approximate surface area is 181 Å². The Morgan fingerprint density at radius 2 is 2.00 bits per heavy atom. The van der Waals surface area contributed by atoms with Gasteiger partial charge < -0.3 is 14.5 Å². The number of aryl methyl sites for hydroxylation is 1. The van der Waals surface area contributed by atoms with Gasteiger partial charge in [0, 0.05) is 4.47 Å². The predicted octanol–water partition coefficient (Wildman–Crippen LogP) is 4.57. The molecule has 2 aromatic heterocycles. The van der Waals surface area contributed by atoms with Gasteiger partial charge in [-0.25, -0.2) is 4.98 Å². The van der Waals surface area contributed by atoms with Crippen molar-refractivity contribution in [1.29, 1.82) is 0 Å². The lowest BCUT2D eigenvalue weighted by Gasteiger charge is -2.15. The first-order valence-corrected chi connectivity index (χ1v) is 10.1. The summed E-state index contributed by atoms with van der Waals surface area (Å²) in [5, 5.41) is 9.97. The van der Waals surface area contributed by atoms with E-state index in [4.69, 9.17) is 9.15 Å². The third-order valence-corrected chi connectivity index (χ3v) is 4.84. The summed E-state index contributed by atoms with van der Waals surface area (Å²) in [5.74, 6) is 2.24. The van der Waals surface area contributed by atoms with E-state index in [9.17, 15) is 4.79 Å². The molecule has 2 N–H and O–H groups in total. The molecule has 2 aromatic carbocycles. The number of aromatic amines is 1. The van der Waals surface area contributed by atoms with Crippen LogP contribution in [0.3, 0.4) is 0 Å². The Morgan fingerprint density at radius 3 is 2.73 bits per heavy atom. The first-order valence-electron chi connectivity index (χ1n) is 9.30. The van der Waals surface area contributed by atoms with Crippen molar-refractivity contribution in [2.45, 2.75) is 19.6 Å². The number of ether oxygens (including phenoxy) is 1. The Bertz CT molecular complexity index is 1140. The quantitative estimate of drug-likeness (QED) is 0.416. The highest BCUT2D eigenvalue weighted by atomic mass is 79.9. The fourth-order valence-corrected chi connectivity index (χ4v) is 3.30. The van der Waals surface area contributed by atoms with E-state index in [0.29, 0.717) is 23.2 Å². The Balaban J connectivity index is 1.47. The molecule has 1 amide bonds. The van der Waals surface area contributed by atoms with Crippen LogP contribution in [0.4, 0.5) is 0 Å². The summed E-state index contributed by atoms with van der Waals surface area (Å²) < 4.78 is 12.3. The number of aromatic nitrogens is 3. The summed E-state index contributed by atoms with van der Waals surface area (Å²) in [4.78, 5) is 17.2. The molecule has 8 heteroatoms. The third-order valence-electron chi connectivity index (χ3n) is 4.34. The van der Waals surface area contributed by atoms with E-state index in [-0.39, 0.29) is 18.3 Å². The summed E-state index contributed by atoms with van der Waals surface area (Å²) in [6.45, 7) is 2.02. The molecule has 0 fully saturated rings. The van der Waals surface area contributed by atoms with Crippen LogP contribution in [0.15, 0.2) is 75.6 Å². The molecule has 1 atom stereocenters. The second-order valence-corrected chi connectivity index (χ2v) is 7.52. The molecule has 4 rings (SSSR count). The molecule has 0 aliphatic heterocycles. The fourth-order valence-electron chi connectivity index (χ4n) is 2.92. The van der Waals surface area contributed by atoms with Crippen LogP contribution in [-0.4, -0.2) is 21.1 Å².